The molecule has 0 atom stereocenters. The smallest absolute Gasteiger partial charge is 0.207 e. The molecule has 0 aliphatic heterocycles. The summed E-state index contributed by atoms with van der Waals surface area (Å²) in [6.07, 6.45) is 2.89. The second-order valence-electron chi connectivity index (χ2n) is 4.65. The van der Waals surface area contributed by atoms with E-state index in [1.54, 1.807) is 30.3 Å². The molecular weight excluding hydrogens is 296 g/mol. The number of ketones is 1. The fourth-order valence-corrected chi connectivity index (χ4v) is 2.15. The maximum absolute atomic E-state index is 12.1. The van der Waals surface area contributed by atoms with Gasteiger partial charge in [-0.15, -0.1) is 0 Å². The quantitative estimate of drug-likeness (QED) is 0.654. The van der Waals surface area contributed by atoms with Gasteiger partial charge in [0.1, 0.15) is 0 Å². The fourth-order valence-electron chi connectivity index (χ4n) is 2.15. The summed E-state index contributed by atoms with van der Waals surface area (Å²) in [6.45, 7) is 0. The Morgan fingerprint density at radius 3 is 2.22 bits per heavy atom. The number of carbonyl (C=O) groups excluding carboxylic acids is 1. The average Bonchev–Trinajstić information content (AvgIpc) is 2.60. The van der Waals surface area contributed by atoms with Gasteiger partial charge in [-0.3, -0.25) is 4.79 Å². The number of ether oxygens (including phenoxy) is 3. The second kappa shape index (κ2) is 7.35. The molecule has 0 unspecified atom stereocenters. The van der Waals surface area contributed by atoms with Crippen LogP contribution in [-0.4, -0.2) is 32.2 Å². The first-order chi connectivity index (χ1) is 11.1. The summed E-state index contributed by atoms with van der Waals surface area (Å²) >= 11 is 0. The van der Waals surface area contributed by atoms with Crippen LogP contribution in [0.5, 0.6) is 23.0 Å². The molecule has 23 heavy (non-hydrogen) atoms. The molecule has 120 valence electrons. The molecule has 0 spiro atoms. The molecule has 5 heteroatoms. The number of hydrogen-bond acceptors (Lipinski definition) is 5. The Morgan fingerprint density at radius 1 is 1.00 bits per heavy atom. The molecule has 2 aromatic carbocycles. The summed E-state index contributed by atoms with van der Waals surface area (Å²) < 4.78 is 15.6. The van der Waals surface area contributed by atoms with Crippen molar-refractivity contribution in [2.45, 2.75) is 0 Å². The first kappa shape index (κ1) is 16.4. The van der Waals surface area contributed by atoms with Crippen LogP contribution in [0.25, 0.3) is 6.08 Å². The Hall–Kier alpha value is -2.95. The highest BCUT2D eigenvalue weighted by atomic mass is 16.5. The van der Waals surface area contributed by atoms with Gasteiger partial charge in [-0.05, 0) is 18.2 Å². The van der Waals surface area contributed by atoms with Crippen molar-refractivity contribution in [1.29, 1.82) is 0 Å². The van der Waals surface area contributed by atoms with Gasteiger partial charge < -0.3 is 19.3 Å². The van der Waals surface area contributed by atoms with Crippen molar-refractivity contribution in [3.63, 3.8) is 0 Å². The lowest BCUT2D eigenvalue weighted by atomic mass is 10.1. The van der Waals surface area contributed by atoms with E-state index in [0.717, 1.165) is 0 Å². The van der Waals surface area contributed by atoms with Crippen molar-refractivity contribution < 1.29 is 24.1 Å². The molecule has 0 bridgehead atoms. The van der Waals surface area contributed by atoms with Crippen LogP contribution in [0.1, 0.15) is 15.9 Å². The van der Waals surface area contributed by atoms with E-state index in [2.05, 4.69) is 0 Å². The minimum absolute atomic E-state index is 0.123. The van der Waals surface area contributed by atoms with E-state index in [-0.39, 0.29) is 17.3 Å². The van der Waals surface area contributed by atoms with E-state index in [1.807, 2.05) is 6.07 Å². The van der Waals surface area contributed by atoms with Gasteiger partial charge in [-0.1, -0.05) is 30.3 Å². The number of methoxy groups -OCH3 is 3. The molecule has 0 amide bonds. The Balaban J connectivity index is 2.40. The zero-order valence-electron chi connectivity index (χ0n) is 13.2. The third kappa shape index (κ3) is 3.45. The van der Waals surface area contributed by atoms with Gasteiger partial charge in [0.25, 0.3) is 0 Å². The van der Waals surface area contributed by atoms with E-state index in [9.17, 15) is 9.90 Å². The largest absolute Gasteiger partial charge is 0.504 e. The highest BCUT2D eigenvalue weighted by Crippen LogP contribution is 2.46. The highest BCUT2D eigenvalue weighted by Gasteiger charge is 2.19. The summed E-state index contributed by atoms with van der Waals surface area (Å²) in [5, 5.41) is 10.3. The zero-order valence-corrected chi connectivity index (χ0v) is 13.2. The van der Waals surface area contributed by atoms with Gasteiger partial charge in [0, 0.05) is 11.1 Å². The second-order valence-corrected chi connectivity index (χ2v) is 4.65. The van der Waals surface area contributed by atoms with Gasteiger partial charge in [0.05, 0.1) is 21.3 Å². The fraction of sp³-hybridized carbons (Fsp3) is 0.167. The van der Waals surface area contributed by atoms with Crippen molar-refractivity contribution in [3.05, 3.63) is 53.6 Å². The highest BCUT2D eigenvalue weighted by molar-refractivity contribution is 6.07. The normalized spacial score (nSPS) is 10.6. The lowest BCUT2D eigenvalue weighted by Gasteiger charge is -2.15. The van der Waals surface area contributed by atoms with Crippen molar-refractivity contribution >= 4 is 11.9 Å². The Kier molecular flexibility index (Phi) is 5.25. The van der Waals surface area contributed by atoms with Gasteiger partial charge in [0.2, 0.25) is 11.5 Å². The molecule has 1 N–H and O–H groups in total. The lowest BCUT2D eigenvalue weighted by molar-refractivity contribution is 0.104. The van der Waals surface area contributed by atoms with Crippen LogP contribution in [0.3, 0.4) is 0 Å². The summed E-state index contributed by atoms with van der Waals surface area (Å²) in [5.74, 6) is 0.549. The number of carbonyl (C=O) groups is 1. The maximum Gasteiger partial charge on any atom is 0.207 e. The number of allylic oxidation sites excluding steroid dienone is 1. The third-order valence-electron chi connectivity index (χ3n) is 3.31. The molecule has 0 aliphatic carbocycles. The van der Waals surface area contributed by atoms with Crippen molar-refractivity contribution in [2.24, 2.45) is 0 Å². The van der Waals surface area contributed by atoms with E-state index in [1.165, 1.54) is 33.5 Å². The number of phenols is 1. The predicted octanol–water partition coefficient (Wildman–Crippen LogP) is 3.31. The average molecular weight is 314 g/mol. The van der Waals surface area contributed by atoms with Crippen LogP contribution in [0, 0.1) is 0 Å². The van der Waals surface area contributed by atoms with Crippen LogP contribution < -0.4 is 14.2 Å². The predicted molar refractivity (Wildman–Crippen MR) is 87.6 cm³/mol. The van der Waals surface area contributed by atoms with Crippen molar-refractivity contribution in [2.75, 3.05) is 21.3 Å². The molecule has 5 nitrogen and oxygen atoms in total. The molecule has 0 aliphatic rings. The van der Waals surface area contributed by atoms with Gasteiger partial charge in [-0.2, -0.15) is 0 Å². The van der Waals surface area contributed by atoms with Gasteiger partial charge >= 0.3 is 0 Å². The molecule has 0 fully saturated rings. The molecule has 0 saturated carbocycles. The van der Waals surface area contributed by atoms with Crippen LogP contribution in [-0.2, 0) is 0 Å². The minimum atomic E-state index is -0.168. The first-order valence-electron chi connectivity index (χ1n) is 6.91. The Morgan fingerprint density at radius 2 is 1.65 bits per heavy atom. The van der Waals surface area contributed by atoms with Crippen molar-refractivity contribution in [1.82, 2.24) is 0 Å². The third-order valence-corrected chi connectivity index (χ3v) is 3.31. The number of rotatable bonds is 6. The van der Waals surface area contributed by atoms with Crippen molar-refractivity contribution in [3.8, 4) is 23.0 Å². The summed E-state index contributed by atoms with van der Waals surface area (Å²) in [6, 6.07) is 10.4. The zero-order chi connectivity index (χ0) is 16.8. The number of benzene rings is 2. The van der Waals surface area contributed by atoms with E-state index in [4.69, 9.17) is 14.2 Å². The summed E-state index contributed by atoms with van der Waals surface area (Å²) in [5.41, 5.74) is 0.958. The molecule has 2 rings (SSSR count). The Bertz CT molecular complexity index is 720. The summed E-state index contributed by atoms with van der Waals surface area (Å²) in [7, 11) is 4.35. The van der Waals surface area contributed by atoms with E-state index in [0.29, 0.717) is 22.6 Å². The monoisotopic (exact) mass is 314 g/mol. The molecule has 0 saturated heterocycles. The molecule has 0 aromatic heterocycles. The van der Waals surface area contributed by atoms with E-state index >= 15 is 0 Å². The van der Waals surface area contributed by atoms with Gasteiger partial charge in [-0.25, -0.2) is 0 Å². The number of aromatic hydroxyl groups is 1. The van der Waals surface area contributed by atoms with Crippen LogP contribution in [0.2, 0.25) is 0 Å². The molecule has 2 aromatic rings. The number of hydrogen-bond donors (Lipinski definition) is 1. The molecule has 0 radical (unpaired) electrons. The standard InChI is InChI=1S/C18H18O5/c1-21-15-11-13(16(20)18(23-3)17(15)22-2)9-10-14(19)12-7-5-4-6-8-12/h4-11,20H,1-3H3. The maximum atomic E-state index is 12.1. The van der Waals surface area contributed by atoms with Crippen LogP contribution in [0.15, 0.2) is 42.5 Å². The first-order valence-corrected chi connectivity index (χ1v) is 6.91. The van der Waals surface area contributed by atoms with Gasteiger partial charge in [0.15, 0.2) is 17.3 Å². The van der Waals surface area contributed by atoms with Crippen LogP contribution >= 0.6 is 0 Å². The van der Waals surface area contributed by atoms with Crippen LogP contribution in [0.4, 0.5) is 0 Å². The molecule has 0 heterocycles. The topological polar surface area (TPSA) is 65.0 Å². The summed E-state index contributed by atoms with van der Waals surface area (Å²) in [4.78, 5) is 12.1. The molecular formula is C18H18O5. The Labute approximate surface area is 134 Å². The minimum Gasteiger partial charge on any atom is -0.504 e. The number of phenolic OH excluding ortho intramolecular Hbond substituents is 1. The SMILES string of the molecule is COc1cc(C=CC(=O)c2ccccc2)c(O)c(OC)c1OC. The van der Waals surface area contributed by atoms with E-state index < -0.39 is 0 Å². The lowest BCUT2D eigenvalue weighted by Crippen LogP contribution is -1.97.